The first-order valence-electron chi connectivity index (χ1n) is 8.71. The molecule has 0 aromatic carbocycles. The van der Waals surface area contributed by atoms with Crippen LogP contribution in [-0.2, 0) is 24.3 Å². The molecule has 2 atom stereocenters. The molecule has 3 N–H and O–H groups in total. The monoisotopic (exact) mass is 405 g/mol. The number of piperidine rings is 2. The number of rotatable bonds is 4. The molecule has 3 saturated heterocycles. The molecule has 3 aliphatic heterocycles. The maximum atomic E-state index is 12.4. The number of hydrogen-bond acceptors (Lipinski definition) is 7. The minimum absolute atomic E-state index is 0.0926. The Kier molecular flexibility index (Phi) is 5.55. The third-order valence-corrected chi connectivity index (χ3v) is 5.55. The quantitative estimate of drug-likeness (QED) is 0.377. The van der Waals surface area contributed by atoms with E-state index >= 15 is 0 Å². The SMILES string of the molecule is CN1CCC(C(=O)NNC(=O)[C@@H]2CCC3CN2C(=O)N3OS(=O)(=O)O)CC1. The van der Waals surface area contributed by atoms with Gasteiger partial charge in [0, 0.05) is 12.5 Å². The third kappa shape index (κ3) is 4.48. The van der Waals surface area contributed by atoms with Gasteiger partial charge in [-0.05, 0) is 45.8 Å². The van der Waals surface area contributed by atoms with Gasteiger partial charge in [-0.3, -0.25) is 25.0 Å². The van der Waals surface area contributed by atoms with E-state index in [0.717, 1.165) is 18.0 Å². The third-order valence-electron chi connectivity index (χ3n) is 5.20. The lowest BCUT2D eigenvalue weighted by atomic mass is 9.96. The number of carbonyl (C=O) groups excluding carboxylic acids is 3. The molecular formula is C14H23N5O7S. The number of nitrogens with zero attached hydrogens (tertiary/aromatic N) is 3. The summed E-state index contributed by atoms with van der Waals surface area (Å²) in [7, 11) is -2.86. The van der Waals surface area contributed by atoms with Crippen LogP contribution in [0.3, 0.4) is 0 Å². The highest BCUT2D eigenvalue weighted by atomic mass is 32.3. The summed E-state index contributed by atoms with van der Waals surface area (Å²) < 4.78 is 34.8. The van der Waals surface area contributed by atoms with Crippen LogP contribution in [-0.4, -0.2) is 84.4 Å². The van der Waals surface area contributed by atoms with Gasteiger partial charge in [-0.2, -0.15) is 13.5 Å². The number of hydrogen-bond donors (Lipinski definition) is 3. The summed E-state index contributed by atoms with van der Waals surface area (Å²) in [4.78, 5) is 40.1. The average Bonchev–Trinajstić information content (AvgIpc) is 2.83. The Morgan fingerprint density at radius 2 is 1.74 bits per heavy atom. The second-order valence-corrected chi connectivity index (χ2v) is 8.07. The highest BCUT2D eigenvalue weighted by molar-refractivity contribution is 7.80. The minimum atomic E-state index is -4.84. The van der Waals surface area contributed by atoms with E-state index in [1.165, 1.54) is 0 Å². The van der Waals surface area contributed by atoms with Crippen molar-refractivity contribution in [3.05, 3.63) is 0 Å². The molecule has 12 nitrogen and oxygen atoms in total. The van der Waals surface area contributed by atoms with Crippen LogP contribution in [0.25, 0.3) is 0 Å². The van der Waals surface area contributed by atoms with E-state index in [0.29, 0.717) is 24.3 Å². The van der Waals surface area contributed by atoms with Gasteiger partial charge in [-0.1, -0.05) is 0 Å². The smallest absolute Gasteiger partial charge is 0.309 e. The van der Waals surface area contributed by atoms with E-state index in [-0.39, 0.29) is 24.8 Å². The van der Waals surface area contributed by atoms with Crippen LogP contribution >= 0.6 is 0 Å². The summed E-state index contributed by atoms with van der Waals surface area (Å²) in [5.74, 6) is -1.00. The summed E-state index contributed by atoms with van der Waals surface area (Å²) in [6.07, 6.45) is 2.00. The lowest BCUT2D eigenvalue weighted by Gasteiger charge is -2.30. The van der Waals surface area contributed by atoms with Gasteiger partial charge in [0.25, 0.3) is 5.91 Å². The Morgan fingerprint density at radius 1 is 1.11 bits per heavy atom. The highest BCUT2D eigenvalue weighted by Gasteiger charge is 2.49. The Balaban J connectivity index is 1.54. The summed E-state index contributed by atoms with van der Waals surface area (Å²) in [6, 6.07) is -2.25. The van der Waals surface area contributed by atoms with Crippen molar-refractivity contribution in [1.29, 1.82) is 0 Å². The van der Waals surface area contributed by atoms with Gasteiger partial charge in [0.05, 0.1) is 6.04 Å². The Labute approximate surface area is 156 Å². The van der Waals surface area contributed by atoms with Crippen molar-refractivity contribution in [2.75, 3.05) is 26.7 Å². The average molecular weight is 405 g/mol. The summed E-state index contributed by atoms with van der Waals surface area (Å²) in [5.41, 5.74) is 4.77. The van der Waals surface area contributed by atoms with Crippen LogP contribution in [0.4, 0.5) is 4.79 Å². The zero-order valence-corrected chi connectivity index (χ0v) is 15.6. The number of hydrazine groups is 1. The van der Waals surface area contributed by atoms with Crippen molar-refractivity contribution < 1.29 is 31.6 Å². The van der Waals surface area contributed by atoms with E-state index in [4.69, 9.17) is 4.55 Å². The van der Waals surface area contributed by atoms with Crippen molar-refractivity contribution in [2.24, 2.45) is 5.92 Å². The molecule has 3 aliphatic rings. The van der Waals surface area contributed by atoms with Gasteiger partial charge in [-0.15, -0.1) is 4.28 Å². The predicted molar refractivity (Wildman–Crippen MR) is 89.9 cm³/mol. The summed E-state index contributed by atoms with van der Waals surface area (Å²) in [6.45, 7) is 1.71. The molecule has 3 rings (SSSR count). The van der Waals surface area contributed by atoms with Gasteiger partial charge < -0.3 is 9.80 Å². The van der Waals surface area contributed by atoms with E-state index in [9.17, 15) is 22.8 Å². The van der Waals surface area contributed by atoms with Gasteiger partial charge in [-0.25, -0.2) is 4.79 Å². The van der Waals surface area contributed by atoms with Crippen LogP contribution in [0.2, 0.25) is 0 Å². The van der Waals surface area contributed by atoms with Crippen molar-refractivity contribution in [1.82, 2.24) is 25.7 Å². The number of amides is 4. The summed E-state index contributed by atoms with van der Waals surface area (Å²) in [5, 5.41) is 0.569. The van der Waals surface area contributed by atoms with Gasteiger partial charge in [0.15, 0.2) is 0 Å². The lowest BCUT2D eigenvalue weighted by molar-refractivity contribution is -0.134. The van der Waals surface area contributed by atoms with E-state index < -0.39 is 34.4 Å². The molecule has 2 bridgehead atoms. The fourth-order valence-electron chi connectivity index (χ4n) is 3.68. The first-order valence-corrected chi connectivity index (χ1v) is 10.1. The van der Waals surface area contributed by atoms with Crippen LogP contribution in [0.15, 0.2) is 0 Å². The van der Waals surface area contributed by atoms with E-state index in [1.54, 1.807) is 0 Å². The standard InChI is InChI=1S/C14H23N5O7S/c1-17-6-4-9(5-7-17)12(20)15-16-13(21)11-3-2-10-8-18(11)14(22)19(10)26-27(23,24)25/h9-11H,2-8H2,1H3,(H,15,20)(H,16,21)(H,23,24,25)/t10?,11-/m0/s1. The maximum absolute atomic E-state index is 12.4. The molecule has 0 radical (unpaired) electrons. The molecule has 0 aromatic heterocycles. The predicted octanol–water partition coefficient (Wildman–Crippen LogP) is -1.52. The fourth-order valence-corrected chi connectivity index (χ4v) is 4.07. The Morgan fingerprint density at radius 3 is 2.37 bits per heavy atom. The van der Waals surface area contributed by atoms with E-state index in [1.807, 2.05) is 7.05 Å². The largest absolute Gasteiger partial charge is 0.418 e. The minimum Gasteiger partial charge on any atom is -0.309 e. The number of urea groups is 1. The molecule has 1 unspecified atom stereocenters. The van der Waals surface area contributed by atoms with Gasteiger partial charge in [0.2, 0.25) is 5.91 Å². The normalized spacial score (nSPS) is 27.0. The zero-order valence-electron chi connectivity index (χ0n) is 14.8. The van der Waals surface area contributed by atoms with Gasteiger partial charge in [0.1, 0.15) is 6.04 Å². The maximum Gasteiger partial charge on any atom is 0.418 e. The Hall–Kier alpha value is -1.96. The molecule has 3 fully saturated rings. The molecule has 0 aromatic rings. The molecule has 0 saturated carbocycles. The molecule has 4 amide bonds. The van der Waals surface area contributed by atoms with Crippen LogP contribution in [0.1, 0.15) is 25.7 Å². The number of fused-ring (bicyclic) bond motifs is 2. The first kappa shape index (κ1) is 19.8. The van der Waals surface area contributed by atoms with Crippen LogP contribution in [0, 0.1) is 5.92 Å². The number of likely N-dealkylation sites (tertiary alicyclic amines) is 1. The molecular weight excluding hydrogens is 382 g/mol. The van der Waals surface area contributed by atoms with Crippen LogP contribution in [0.5, 0.6) is 0 Å². The molecule has 152 valence electrons. The molecule has 3 heterocycles. The van der Waals surface area contributed by atoms with Crippen molar-refractivity contribution in [3.8, 4) is 0 Å². The molecule has 0 aliphatic carbocycles. The lowest BCUT2D eigenvalue weighted by Crippen LogP contribution is -2.55. The topological polar surface area (TPSA) is 149 Å². The zero-order chi connectivity index (χ0) is 19.8. The Bertz CT molecular complexity index is 721. The second kappa shape index (κ2) is 7.58. The van der Waals surface area contributed by atoms with Gasteiger partial charge >= 0.3 is 16.4 Å². The number of hydroxylamine groups is 2. The van der Waals surface area contributed by atoms with E-state index in [2.05, 4.69) is 20.0 Å². The first-order chi connectivity index (χ1) is 12.7. The molecule has 0 spiro atoms. The number of nitrogens with one attached hydrogen (secondary N) is 2. The summed E-state index contributed by atoms with van der Waals surface area (Å²) >= 11 is 0. The second-order valence-electron chi connectivity index (χ2n) is 7.07. The van der Waals surface area contributed by atoms with Crippen molar-refractivity contribution >= 4 is 28.2 Å². The number of carbonyl (C=O) groups is 3. The van der Waals surface area contributed by atoms with Crippen LogP contribution < -0.4 is 10.9 Å². The van der Waals surface area contributed by atoms with Crippen molar-refractivity contribution in [2.45, 2.75) is 37.8 Å². The molecule has 27 heavy (non-hydrogen) atoms. The fraction of sp³-hybridized carbons (Fsp3) is 0.786. The highest BCUT2D eigenvalue weighted by Crippen LogP contribution is 2.30. The van der Waals surface area contributed by atoms with Crippen molar-refractivity contribution in [3.63, 3.8) is 0 Å². The molecule has 13 heteroatoms.